The maximum Gasteiger partial charge on any atom is 0.260 e. The summed E-state index contributed by atoms with van der Waals surface area (Å²) in [6.45, 7) is 1.37. The van der Waals surface area contributed by atoms with Gasteiger partial charge in [0, 0.05) is 25.4 Å². The molecule has 2 aromatic heterocycles. The highest BCUT2D eigenvalue weighted by molar-refractivity contribution is 5.77. The van der Waals surface area contributed by atoms with Crippen molar-refractivity contribution in [1.29, 1.82) is 0 Å². The number of hydrogen-bond donors (Lipinski definition) is 0. The van der Waals surface area contributed by atoms with E-state index in [-0.39, 0.29) is 18.6 Å². The number of rotatable bonds is 6. The van der Waals surface area contributed by atoms with Crippen LogP contribution in [0.15, 0.2) is 61.3 Å². The summed E-state index contributed by atoms with van der Waals surface area (Å²) in [4.78, 5) is 22.4. The van der Waals surface area contributed by atoms with Gasteiger partial charge in [0.1, 0.15) is 24.2 Å². The molecule has 0 radical (unpaired) electrons. The van der Waals surface area contributed by atoms with Crippen molar-refractivity contribution in [2.45, 2.75) is 18.9 Å². The molecule has 3 aromatic rings. The zero-order chi connectivity index (χ0) is 19.2. The number of carbonyl (C=O) groups is 1. The Balaban J connectivity index is 1.28. The molecule has 1 amide bonds. The fourth-order valence-electron chi connectivity index (χ4n) is 3.17. The molecule has 0 bridgehead atoms. The van der Waals surface area contributed by atoms with Gasteiger partial charge < -0.3 is 14.4 Å². The molecule has 1 atom stereocenters. The molecule has 1 saturated heterocycles. The van der Waals surface area contributed by atoms with E-state index in [0.717, 1.165) is 19.4 Å². The Morgan fingerprint density at radius 2 is 2.00 bits per heavy atom. The van der Waals surface area contributed by atoms with Gasteiger partial charge in [-0.25, -0.2) is 14.6 Å². The highest BCUT2D eigenvalue weighted by atomic mass is 16.5. The number of likely N-dealkylation sites (tertiary alicyclic amines) is 1. The zero-order valence-corrected chi connectivity index (χ0v) is 15.3. The second-order valence-electron chi connectivity index (χ2n) is 6.54. The number of carbonyl (C=O) groups excluding carboxylic acids is 1. The van der Waals surface area contributed by atoms with E-state index in [1.807, 2.05) is 21.7 Å². The standard InChI is InChI=1S/C20H21N5O3/c26-20(24-11-3-4-16(12-24)25-15-21-14-23-25)13-27-17-6-8-18(9-7-17)28-19-5-1-2-10-22-19/h1-2,5-10,14-16H,3-4,11-13H2. The number of hydrogen-bond acceptors (Lipinski definition) is 6. The molecule has 1 aromatic carbocycles. The van der Waals surface area contributed by atoms with Crippen LogP contribution in [0.25, 0.3) is 0 Å². The van der Waals surface area contributed by atoms with Gasteiger partial charge in [0.2, 0.25) is 5.88 Å². The first-order valence-corrected chi connectivity index (χ1v) is 9.21. The van der Waals surface area contributed by atoms with Crippen molar-refractivity contribution in [1.82, 2.24) is 24.6 Å². The summed E-state index contributed by atoms with van der Waals surface area (Å²) in [6, 6.07) is 12.8. The fourth-order valence-corrected chi connectivity index (χ4v) is 3.17. The number of nitrogens with zero attached hydrogens (tertiary/aromatic N) is 5. The lowest BCUT2D eigenvalue weighted by atomic mass is 10.1. The van der Waals surface area contributed by atoms with Crippen molar-refractivity contribution in [3.63, 3.8) is 0 Å². The monoisotopic (exact) mass is 379 g/mol. The van der Waals surface area contributed by atoms with E-state index >= 15 is 0 Å². The topological polar surface area (TPSA) is 82.4 Å². The van der Waals surface area contributed by atoms with Crippen LogP contribution in [-0.2, 0) is 4.79 Å². The third-order valence-corrected chi connectivity index (χ3v) is 4.61. The predicted octanol–water partition coefficient (Wildman–Crippen LogP) is 2.71. The zero-order valence-electron chi connectivity index (χ0n) is 15.3. The first kappa shape index (κ1) is 18.0. The first-order valence-electron chi connectivity index (χ1n) is 9.21. The van der Waals surface area contributed by atoms with E-state index in [2.05, 4.69) is 15.1 Å². The summed E-state index contributed by atoms with van der Waals surface area (Å²) < 4.78 is 13.1. The molecule has 1 fully saturated rings. The number of piperidine rings is 1. The van der Waals surface area contributed by atoms with Gasteiger partial charge in [0.15, 0.2) is 6.61 Å². The highest BCUT2D eigenvalue weighted by Gasteiger charge is 2.25. The van der Waals surface area contributed by atoms with E-state index in [9.17, 15) is 4.79 Å². The Bertz CT molecular complexity index is 884. The van der Waals surface area contributed by atoms with Crippen LogP contribution >= 0.6 is 0 Å². The third kappa shape index (κ3) is 4.46. The molecule has 0 N–H and O–H groups in total. The molecule has 1 unspecified atom stereocenters. The fraction of sp³-hybridized carbons (Fsp3) is 0.300. The Morgan fingerprint density at radius 1 is 1.14 bits per heavy atom. The summed E-state index contributed by atoms with van der Waals surface area (Å²) in [6.07, 6.45) is 6.82. The Morgan fingerprint density at radius 3 is 2.75 bits per heavy atom. The molecule has 0 spiro atoms. The van der Waals surface area contributed by atoms with Gasteiger partial charge in [-0.2, -0.15) is 5.10 Å². The SMILES string of the molecule is O=C(COc1ccc(Oc2ccccn2)cc1)N1CCCC(n2cncn2)C1. The molecule has 8 nitrogen and oxygen atoms in total. The maximum atomic E-state index is 12.5. The number of aromatic nitrogens is 4. The van der Waals surface area contributed by atoms with Gasteiger partial charge in [-0.1, -0.05) is 6.07 Å². The lowest BCUT2D eigenvalue weighted by Crippen LogP contribution is -2.43. The van der Waals surface area contributed by atoms with Crippen LogP contribution < -0.4 is 9.47 Å². The minimum Gasteiger partial charge on any atom is -0.484 e. The van der Waals surface area contributed by atoms with E-state index < -0.39 is 0 Å². The molecular formula is C20H21N5O3. The van der Waals surface area contributed by atoms with Crippen LogP contribution in [0.3, 0.4) is 0 Å². The molecule has 28 heavy (non-hydrogen) atoms. The molecule has 1 aliphatic rings. The van der Waals surface area contributed by atoms with Crippen molar-refractivity contribution in [2.24, 2.45) is 0 Å². The highest BCUT2D eigenvalue weighted by Crippen LogP contribution is 2.23. The third-order valence-electron chi connectivity index (χ3n) is 4.61. The average molecular weight is 379 g/mol. The lowest BCUT2D eigenvalue weighted by molar-refractivity contribution is -0.135. The summed E-state index contributed by atoms with van der Waals surface area (Å²) in [5.74, 6) is 1.77. The summed E-state index contributed by atoms with van der Waals surface area (Å²) >= 11 is 0. The summed E-state index contributed by atoms with van der Waals surface area (Å²) in [5, 5.41) is 4.19. The van der Waals surface area contributed by atoms with Crippen molar-refractivity contribution in [2.75, 3.05) is 19.7 Å². The normalized spacial score (nSPS) is 16.6. The second kappa shape index (κ2) is 8.51. The van der Waals surface area contributed by atoms with Crippen LogP contribution in [-0.4, -0.2) is 50.3 Å². The second-order valence-corrected chi connectivity index (χ2v) is 6.54. The van der Waals surface area contributed by atoms with Crippen molar-refractivity contribution in [3.8, 4) is 17.4 Å². The molecule has 1 aliphatic heterocycles. The Hall–Kier alpha value is -3.42. The van der Waals surface area contributed by atoms with Gasteiger partial charge in [0.05, 0.1) is 6.04 Å². The molecule has 0 aliphatic carbocycles. The molecule has 4 rings (SSSR count). The minimum absolute atomic E-state index is 0.00449. The van der Waals surface area contributed by atoms with Gasteiger partial charge >= 0.3 is 0 Å². The van der Waals surface area contributed by atoms with E-state index in [1.54, 1.807) is 42.9 Å². The number of ether oxygens (including phenoxy) is 2. The smallest absolute Gasteiger partial charge is 0.260 e. The molecule has 0 saturated carbocycles. The molecule has 144 valence electrons. The maximum absolute atomic E-state index is 12.5. The van der Waals surface area contributed by atoms with Gasteiger partial charge in [0.25, 0.3) is 5.91 Å². The number of amides is 1. The first-order chi connectivity index (χ1) is 13.8. The van der Waals surface area contributed by atoms with Crippen LogP contribution in [0, 0.1) is 0 Å². The Labute approximate surface area is 162 Å². The Kier molecular flexibility index (Phi) is 5.46. The van der Waals surface area contributed by atoms with Gasteiger partial charge in [-0.15, -0.1) is 0 Å². The van der Waals surface area contributed by atoms with Gasteiger partial charge in [-0.3, -0.25) is 4.79 Å². The van der Waals surface area contributed by atoms with Crippen molar-refractivity contribution in [3.05, 3.63) is 61.3 Å². The van der Waals surface area contributed by atoms with Crippen LogP contribution in [0.4, 0.5) is 0 Å². The summed E-state index contributed by atoms with van der Waals surface area (Å²) in [5.41, 5.74) is 0. The van der Waals surface area contributed by atoms with Crippen LogP contribution in [0.2, 0.25) is 0 Å². The predicted molar refractivity (Wildman–Crippen MR) is 101 cm³/mol. The largest absolute Gasteiger partial charge is 0.484 e. The van der Waals surface area contributed by atoms with E-state index in [4.69, 9.17) is 9.47 Å². The minimum atomic E-state index is -0.0290. The van der Waals surface area contributed by atoms with Crippen LogP contribution in [0.5, 0.6) is 17.4 Å². The van der Waals surface area contributed by atoms with Crippen molar-refractivity contribution >= 4 is 5.91 Å². The average Bonchev–Trinajstić information content (AvgIpc) is 3.29. The molecule has 8 heteroatoms. The summed E-state index contributed by atoms with van der Waals surface area (Å²) in [7, 11) is 0. The number of pyridine rings is 1. The molecular weight excluding hydrogens is 358 g/mol. The van der Waals surface area contributed by atoms with E-state index in [1.165, 1.54) is 6.33 Å². The lowest BCUT2D eigenvalue weighted by Gasteiger charge is -2.32. The van der Waals surface area contributed by atoms with Crippen molar-refractivity contribution < 1.29 is 14.3 Å². The molecule has 3 heterocycles. The van der Waals surface area contributed by atoms with Crippen LogP contribution in [0.1, 0.15) is 18.9 Å². The van der Waals surface area contributed by atoms with E-state index in [0.29, 0.717) is 23.9 Å². The van der Waals surface area contributed by atoms with Gasteiger partial charge in [-0.05, 0) is 43.2 Å². The number of benzene rings is 1. The quantitative estimate of drug-likeness (QED) is 0.655.